The number of hydrogen-bond acceptors (Lipinski definition) is 9. The van der Waals surface area contributed by atoms with E-state index in [1.165, 1.54) is 104 Å². The van der Waals surface area contributed by atoms with Gasteiger partial charge in [0.15, 0.2) is 17.5 Å². The van der Waals surface area contributed by atoms with E-state index >= 15 is 0 Å². The molecular weight excluding hydrogens is 1770 g/mol. The molecule has 9 nitrogen and oxygen atoms in total. The molecule has 0 saturated heterocycles. The van der Waals surface area contributed by atoms with Gasteiger partial charge in [-0.2, -0.15) is 0 Å². The molecule has 146 heavy (non-hydrogen) atoms. The van der Waals surface area contributed by atoms with E-state index < -0.39 is 0 Å². The number of hydrogen-bond donors (Lipinski definition) is 0. The summed E-state index contributed by atoms with van der Waals surface area (Å²) < 4.78 is 0. The summed E-state index contributed by atoms with van der Waals surface area (Å²) in [5.41, 5.74) is 35.3. The number of fused-ring (bicyclic) bond motifs is 6. The standard InChI is InChI=1S/2C47H31N3.C43H29N3/c1-3-13-41-33(8-1)10-5-15-43(41)35-19-25-38(26-20-35)46-30-45(37-23-17-32(18-24-37)40-12-7-29-48-31-40)49-47(50-46)39-27-21-36(22-28-39)44-16-6-11-34-9-2-4-14-42(34)44;1-2-9-32(10-3-1)33-18-26-38(27-19-33)47-49-45(36-22-16-34(17-23-36)40-12-8-28-48-31-40)30-46(50-47)37-24-20-35(21-25-37)44-29-39-11-4-5-13-41(39)42-14-6-7-15-43(42)44;1-2-8-30(9-3-1)31-17-25-37(26-18-31)43-45-41(35-21-15-32(16-22-35)38-12-7-27-44-29-38)28-42(46-43)36-23-19-34(20-24-36)40-14-6-11-33-10-4-5-13-39(33)40/h2*1-31H;1-29H. The minimum atomic E-state index is 0.691. The van der Waals surface area contributed by atoms with Crippen LogP contribution < -0.4 is 0 Å². The minimum absolute atomic E-state index is 0.691. The van der Waals surface area contributed by atoms with Crippen LogP contribution in [0.1, 0.15) is 0 Å². The van der Waals surface area contributed by atoms with Crippen molar-refractivity contribution in [3.63, 3.8) is 0 Å². The molecule has 684 valence electrons. The summed E-state index contributed by atoms with van der Waals surface area (Å²) in [6.45, 7) is 0. The summed E-state index contributed by atoms with van der Waals surface area (Å²) in [5.74, 6) is 2.08. The number of benzene rings is 20. The first-order chi connectivity index (χ1) is 72.3. The van der Waals surface area contributed by atoms with Gasteiger partial charge in [-0.3, -0.25) is 15.0 Å². The lowest BCUT2D eigenvalue weighted by Crippen LogP contribution is -1.96. The van der Waals surface area contributed by atoms with Crippen molar-refractivity contribution < 1.29 is 0 Å². The Hall–Kier alpha value is -19.6. The van der Waals surface area contributed by atoms with Gasteiger partial charge in [0.25, 0.3) is 0 Å². The Bertz CT molecular complexity index is 8810. The number of aromatic nitrogens is 9. The first-order valence-electron chi connectivity index (χ1n) is 49.1. The second kappa shape index (κ2) is 40.7. The summed E-state index contributed by atoms with van der Waals surface area (Å²) in [5, 5.41) is 12.5. The molecule has 26 rings (SSSR count). The minimum Gasteiger partial charge on any atom is -0.264 e. The van der Waals surface area contributed by atoms with Crippen molar-refractivity contribution in [1.82, 2.24) is 44.9 Å². The lowest BCUT2D eigenvalue weighted by molar-refractivity contribution is 1.18. The molecule has 0 amide bonds. The van der Waals surface area contributed by atoms with Crippen LogP contribution in [0.5, 0.6) is 0 Å². The van der Waals surface area contributed by atoms with Crippen LogP contribution in [0, 0.1) is 0 Å². The molecule has 0 unspecified atom stereocenters. The quantitative estimate of drug-likeness (QED) is 0.0774. The molecule has 9 heteroatoms. The van der Waals surface area contributed by atoms with E-state index in [1.807, 2.05) is 48.9 Å². The molecule has 26 aromatic rings. The van der Waals surface area contributed by atoms with Gasteiger partial charge in [0.05, 0.1) is 34.2 Å². The van der Waals surface area contributed by atoms with E-state index in [0.29, 0.717) is 17.5 Å². The Labute approximate surface area is 847 Å². The number of pyridine rings is 3. The van der Waals surface area contributed by atoms with Crippen LogP contribution in [0.3, 0.4) is 0 Å². The van der Waals surface area contributed by atoms with Crippen LogP contribution in [-0.4, -0.2) is 44.9 Å². The zero-order chi connectivity index (χ0) is 97.3. The lowest BCUT2D eigenvalue weighted by Gasteiger charge is -2.13. The third-order valence-corrected chi connectivity index (χ3v) is 27.3. The molecule has 0 aliphatic rings. The zero-order valence-electron chi connectivity index (χ0n) is 79.6. The molecule has 0 atom stereocenters. The summed E-state index contributed by atoms with van der Waals surface area (Å²) >= 11 is 0. The van der Waals surface area contributed by atoms with E-state index in [9.17, 15) is 0 Å². The Kier molecular flexibility index (Phi) is 24.8. The Morgan fingerprint density at radius 2 is 0.315 bits per heavy atom. The molecule has 0 N–H and O–H groups in total. The maximum absolute atomic E-state index is 5.15. The molecular formula is C137H91N9. The fraction of sp³-hybridized carbons (Fsp3) is 0. The van der Waals surface area contributed by atoms with Crippen molar-refractivity contribution >= 4 is 53.9 Å². The molecule has 0 aliphatic heterocycles. The maximum atomic E-state index is 5.15. The second-order valence-electron chi connectivity index (χ2n) is 36.3. The van der Waals surface area contributed by atoms with Gasteiger partial charge >= 0.3 is 0 Å². The van der Waals surface area contributed by atoms with E-state index in [0.717, 1.165) is 134 Å². The average molecular weight is 1860 g/mol. The van der Waals surface area contributed by atoms with Crippen LogP contribution in [0.25, 0.3) is 256 Å². The van der Waals surface area contributed by atoms with Gasteiger partial charge in [0, 0.05) is 87.3 Å². The van der Waals surface area contributed by atoms with E-state index in [-0.39, 0.29) is 0 Å². The summed E-state index contributed by atoms with van der Waals surface area (Å²) in [6, 6.07) is 181. The monoisotopic (exact) mass is 1860 g/mol. The van der Waals surface area contributed by atoms with Gasteiger partial charge in [-0.25, -0.2) is 29.9 Å². The Balaban J connectivity index is 0.000000118. The van der Waals surface area contributed by atoms with Gasteiger partial charge in [0.2, 0.25) is 0 Å². The first-order valence-corrected chi connectivity index (χ1v) is 49.1. The van der Waals surface area contributed by atoms with E-state index in [4.69, 9.17) is 29.9 Å². The van der Waals surface area contributed by atoms with Crippen molar-refractivity contribution in [2.75, 3.05) is 0 Å². The smallest absolute Gasteiger partial charge is 0.160 e. The SMILES string of the molecule is c1ccc(-c2ccc(-c3nc(-c4ccc(-c5cccnc5)cc4)cc(-c4ccc(-c5cc6ccccc6c6ccccc56)cc4)n3)cc2)cc1.c1ccc(-c2ccc(-c3nc(-c4ccc(-c5cccnc5)cc4)cc(-c4ccc(-c5cccc6ccccc56)cc4)n3)cc2)cc1.c1cncc(-c2ccc(-c3cc(-c4ccc(-c5cccc6ccccc56)cc4)nc(-c4ccc(-c5cccc6ccccc56)cc4)n3)cc2)c1. The third-order valence-electron chi connectivity index (χ3n) is 27.3. The average Bonchev–Trinajstić information content (AvgIpc) is 0.759. The normalized spacial score (nSPS) is 11.2. The van der Waals surface area contributed by atoms with Crippen molar-refractivity contribution in [2.24, 2.45) is 0 Å². The molecule has 0 bridgehead atoms. The van der Waals surface area contributed by atoms with Crippen LogP contribution in [0.4, 0.5) is 0 Å². The van der Waals surface area contributed by atoms with Crippen LogP contribution in [-0.2, 0) is 0 Å². The highest BCUT2D eigenvalue weighted by molar-refractivity contribution is 6.14. The summed E-state index contributed by atoms with van der Waals surface area (Å²) in [6.07, 6.45) is 11.1. The second-order valence-corrected chi connectivity index (χ2v) is 36.3. The summed E-state index contributed by atoms with van der Waals surface area (Å²) in [7, 11) is 0. The van der Waals surface area contributed by atoms with Crippen molar-refractivity contribution in [2.45, 2.75) is 0 Å². The highest BCUT2D eigenvalue weighted by Crippen LogP contribution is 2.42. The van der Waals surface area contributed by atoms with Crippen molar-refractivity contribution in [3.05, 3.63) is 553 Å². The topological polar surface area (TPSA) is 116 Å². The van der Waals surface area contributed by atoms with Gasteiger partial charge in [-0.15, -0.1) is 0 Å². The summed E-state index contributed by atoms with van der Waals surface area (Å²) in [4.78, 5) is 43.6. The lowest BCUT2D eigenvalue weighted by atomic mass is 9.93. The Morgan fingerprint density at radius 1 is 0.110 bits per heavy atom. The first kappa shape index (κ1) is 89.0. The van der Waals surface area contributed by atoms with E-state index in [2.05, 4.69) is 500 Å². The van der Waals surface area contributed by atoms with Crippen molar-refractivity contribution in [1.29, 1.82) is 0 Å². The zero-order valence-corrected chi connectivity index (χ0v) is 79.6. The molecule has 6 aromatic heterocycles. The molecule has 0 saturated carbocycles. The van der Waals surface area contributed by atoms with E-state index in [1.54, 1.807) is 18.6 Å². The number of nitrogens with zero attached hydrogens (tertiary/aromatic N) is 9. The predicted molar refractivity (Wildman–Crippen MR) is 605 cm³/mol. The van der Waals surface area contributed by atoms with Gasteiger partial charge < -0.3 is 0 Å². The molecule has 6 heterocycles. The molecule has 0 spiro atoms. The highest BCUT2D eigenvalue weighted by atomic mass is 14.9. The Morgan fingerprint density at radius 3 is 0.603 bits per heavy atom. The largest absolute Gasteiger partial charge is 0.264 e. The van der Waals surface area contributed by atoms with Crippen molar-refractivity contribution in [3.8, 4) is 202 Å². The van der Waals surface area contributed by atoms with Gasteiger partial charge in [-0.05, 0) is 196 Å². The van der Waals surface area contributed by atoms with Gasteiger partial charge in [-0.1, -0.05) is 473 Å². The fourth-order valence-electron chi connectivity index (χ4n) is 19.6. The molecule has 20 aromatic carbocycles. The van der Waals surface area contributed by atoms with Crippen LogP contribution in [0.2, 0.25) is 0 Å². The molecule has 0 fully saturated rings. The third kappa shape index (κ3) is 19.0. The van der Waals surface area contributed by atoms with Crippen LogP contribution >= 0.6 is 0 Å². The molecule has 0 aliphatic carbocycles. The maximum Gasteiger partial charge on any atom is 0.160 e. The van der Waals surface area contributed by atoms with Gasteiger partial charge in [0.1, 0.15) is 0 Å². The highest BCUT2D eigenvalue weighted by Gasteiger charge is 2.20. The van der Waals surface area contributed by atoms with Crippen LogP contribution in [0.15, 0.2) is 553 Å². The predicted octanol–water partition coefficient (Wildman–Crippen LogP) is 35.4. The molecule has 0 radical (unpaired) electrons. The number of rotatable bonds is 18. The fourth-order valence-corrected chi connectivity index (χ4v) is 19.6.